The number of anilines is 9. The monoisotopic (exact) mass is 1080 g/mol. The van der Waals surface area contributed by atoms with E-state index in [9.17, 15) is 4.11 Å². The molecule has 82 heavy (non-hydrogen) atoms. The number of hydrogen-bond acceptors (Lipinski definition) is 4. The fraction of sp³-hybridized carbons (Fsp3) is 0.377. The van der Waals surface area contributed by atoms with Crippen molar-refractivity contribution in [1.82, 2.24) is 0 Å². The van der Waals surface area contributed by atoms with Gasteiger partial charge in [-0.15, -0.1) is 0 Å². The Labute approximate surface area is 495 Å². The zero-order chi connectivity index (χ0) is 60.7. The maximum atomic E-state index is 9.41. The van der Waals surface area contributed by atoms with Gasteiger partial charge in [0.2, 0.25) is 0 Å². The molecule has 8 aromatic carbocycles. The molecule has 0 unspecified atom stereocenters. The van der Waals surface area contributed by atoms with Crippen molar-refractivity contribution in [2.75, 3.05) is 14.7 Å². The molecule has 1 aromatic heterocycles. The molecule has 0 fully saturated rings. The molecule has 9 aromatic rings. The minimum Gasteiger partial charge on any atom is -0.456 e. The van der Waals surface area contributed by atoms with Crippen molar-refractivity contribution in [1.29, 1.82) is 0 Å². The third kappa shape index (κ3) is 8.67. The first-order chi connectivity index (χ1) is 39.6. The number of aryl methyl sites for hydroxylation is 1. The molecule has 0 bridgehead atoms. The van der Waals surface area contributed by atoms with E-state index in [1.165, 1.54) is 49.9 Å². The molecule has 13 rings (SSSR count). The lowest BCUT2D eigenvalue weighted by Gasteiger charge is -2.48. The maximum Gasteiger partial charge on any atom is 0.252 e. The average Bonchev–Trinajstić information content (AvgIpc) is 1.12. The molecule has 0 spiro atoms. The molecular formula is C77H86BN3O. The van der Waals surface area contributed by atoms with Gasteiger partial charge in [-0.05, 0) is 222 Å². The van der Waals surface area contributed by atoms with Crippen molar-refractivity contribution >= 4 is 96.2 Å². The zero-order valence-corrected chi connectivity index (χ0v) is 52.0. The predicted molar refractivity (Wildman–Crippen MR) is 354 cm³/mol. The molecule has 0 atom stereocenters. The summed E-state index contributed by atoms with van der Waals surface area (Å²) >= 11 is 0. The van der Waals surface area contributed by atoms with Gasteiger partial charge in [0.1, 0.15) is 11.2 Å². The third-order valence-corrected chi connectivity index (χ3v) is 19.9. The van der Waals surface area contributed by atoms with Gasteiger partial charge in [0.05, 0.1) is 0 Å². The van der Waals surface area contributed by atoms with E-state index in [1.54, 1.807) is 0 Å². The summed E-state index contributed by atoms with van der Waals surface area (Å²) in [6, 6.07) is 54.8. The molecule has 4 nitrogen and oxygen atoms in total. The summed E-state index contributed by atoms with van der Waals surface area (Å²) in [5.41, 5.74) is 23.4. The highest BCUT2D eigenvalue weighted by molar-refractivity contribution is 7.00. The molecule has 5 heteroatoms. The number of benzene rings is 8. The summed E-state index contributed by atoms with van der Waals surface area (Å²) < 4.78 is 35.0. The summed E-state index contributed by atoms with van der Waals surface area (Å²) in [4.78, 5) is 7.26. The first-order valence-corrected chi connectivity index (χ1v) is 30.4. The second-order valence-corrected chi connectivity index (χ2v) is 30.7. The minimum absolute atomic E-state index is 0.0179. The minimum atomic E-state index is -2.44. The van der Waals surface area contributed by atoms with E-state index in [1.807, 2.05) is 12.1 Å². The van der Waals surface area contributed by atoms with Crippen LogP contribution in [0, 0.1) is 6.85 Å². The highest BCUT2D eigenvalue weighted by Gasteiger charge is 2.47. The zero-order valence-electron chi connectivity index (χ0n) is 55.0. The van der Waals surface area contributed by atoms with Gasteiger partial charge in [-0.25, -0.2) is 0 Å². The van der Waals surface area contributed by atoms with E-state index >= 15 is 0 Å². The van der Waals surface area contributed by atoms with Crippen LogP contribution in [-0.4, -0.2) is 6.71 Å². The molecule has 3 heterocycles. The molecule has 0 radical (unpaired) electrons. The Kier molecular flexibility index (Phi) is 11.1. The van der Waals surface area contributed by atoms with E-state index in [-0.39, 0.29) is 44.6 Å². The highest BCUT2D eigenvalue weighted by Crippen LogP contribution is 2.54. The number of nitrogens with zero attached hydrogens (tertiary/aromatic N) is 3. The van der Waals surface area contributed by atoms with Crippen LogP contribution >= 0.6 is 0 Å². The Bertz CT molecular complexity index is 4140. The van der Waals surface area contributed by atoms with Gasteiger partial charge in [-0.1, -0.05) is 172 Å². The average molecular weight is 1080 g/mol. The fourth-order valence-electron chi connectivity index (χ4n) is 14.5. The first-order valence-electron chi connectivity index (χ1n) is 31.9. The number of furan rings is 1. The van der Waals surface area contributed by atoms with Gasteiger partial charge in [0.25, 0.3) is 6.71 Å². The normalized spacial score (nSPS) is 18.2. The molecule has 2 aliphatic carbocycles. The summed E-state index contributed by atoms with van der Waals surface area (Å²) in [5.74, 6) is 0. The van der Waals surface area contributed by atoms with Crippen LogP contribution in [-0.2, 0) is 37.9 Å². The van der Waals surface area contributed by atoms with Gasteiger partial charge in [-0.2, -0.15) is 0 Å². The molecule has 418 valence electrons. The Morgan fingerprint density at radius 1 is 0.415 bits per heavy atom. The van der Waals surface area contributed by atoms with E-state index in [4.69, 9.17) is 4.42 Å². The van der Waals surface area contributed by atoms with Gasteiger partial charge in [0, 0.05) is 66.1 Å². The molecule has 0 saturated carbocycles. The summed E-state index contributed by atoms with van der Waals surface area (Å²) in [6.07, 6.45) is 4.36. The Balaban J connectivity index is 1.14. The van der Waals surface area contributed by atoms with Crippen LogP contribution in [0.15, 0.2) is 150 Å². The second kappa shape index (κ2) is 18.0. The Morgan fingerprint density at radius 2 is 0.890 bits per heavy atom. The number of rotatable bonds is 5. The first kappa shape index (κ1) is 50.7. The van der Waals surface area contributed by atoms with Crippen LogP contribution < -0.4 is 31.1 Å². The van der Waals surface area contributed by atoms with Crippen LogP contribution in [0.25, 0.3) is 21.9 Å². The van der Waals surface area contributed by atoms with E-state index in [0.717, 1.165) is 104 Å². The number of hydrogen-bond donors (Lipinski definition) is 0. The van der Waals surface area contributed by atoms with Crippen LogP contribution in [0.3, 0.4) is 0 Å². The fourth-order valence-corrected chi connectivity index (χ4v) is 14.5. The van der Waals surface area contributed by atoms with Crippen molar-refractivity contribution < 1.29 is 8.53 Å². The smallest absolute Gasteiger partial charge is 0.252 e. The van der Waals surface area contributed by atoms with E-state index in [2.05, 4.69) is 266 Å². The number of fused-ring (bicyclic) bond motifs is 9. The lowest BCUT2D eigenvalue weighted by atomic mass is 9.33. The maximum absolute atomic E-state index is 9.41. The predicted octanol–water partition coefficient (Wildman–Crippen LogP) is 20.0. The van der Waals surface area contributed by atoms with E-state index < -0.39 is 6.85 Å². The van der Waals surface area contributed by atoms with Crippen LogP contribution in [0.2, 0.25) is 0 Å². The summed E-state index contributed by atoms with van der Waals surface area (Å²) in [5, 5.41) is 2.06. The van der Waals surface area contributed by atoms with Gasteiger partial charge in [0.15, 0.2) is 0 Å². The topological polar surface area (TPSA) is 22.9 Å². The van der Waals surface area contributed by atoms with Crippen molar-refractivity contribution in [3.8, 4) is 0 Å². The quantitative estimate of drug-likeness (QED) is 0.160. The summed E-state index contributed by atoms with van der Waals surface area (Å²) in [6.45, 7) is 36.9. The highest BCUT2D eigenvalue weighted by atomic mass is 16.3. The molecule has 2 aliphatic heterocycles. The lowest BCUT2D eigenvalue weighted by Crippen LogP contribution is -2.62. The van der Waals surface area contributed by atoms with Crippen molar-refractivity contribution in [2.45, 2.75) is 188 Å². The van der Waals surface area contributed by atoms with Crippen molar-refractivity contribution in [3.05, 3.63) is 190 Å². The SMILES string of the molecule is [2H]C([2H])([2H])c1cc2c3c(c1)N(c1ccc4c(c1)C(C)(C)CCC4(C)C)c1cc4c(cc1B3c1ccc(N(c3ccc(C(C)(C)C)cc3)c3ccc(C(C)(C)C)cc3)cc1N2c1ccc2oc3cc(C(C)(C)C)ccc3c2c1)C(C)(C)CCC4(C)C. The second-order valence-electron chi connectivity index (χ2n) is 30.7. The third-order valence-electron chi connectivity index (χ3n) is 19.9. The standard InChI is InChI=1S/C77H86BN3O/c1-47-39-66-70-67(40-47)81(54-28-32-58-59(43-54)75(13,14)36-35-74(58,11)12)65-46-61-60(76(15,16)37-38-77(61,17)18)45-63(65)78(70)62-33-29-55(79(51-24-19-48(20-25-51)71(2,3)4)52-26-21-49(22-27-52)72(5,6)7)44-64(62)80(66)53-30-34-68-57(42-53)56-31-23-50(73(8,9)10)41-69(56)82-68/h19-34,39-46H,35-38H2,1-18H3/i1D3. The Hall–Kier alpha value is -6.98. The Morgan fingerprint density at radius 3 is 1.44 bits per heavy atom. The van der Waals surface area contributed by atoms with E-state index in [0.29, 0.717) is 5.56 Å². The lowest BCUT2D eigenvalue weighted by molar-refractivity contribution is 0.332. The van der Waals surface area contributed by atoms with Gasteiger partial charge in [-0.3, -0.25) is 0 Å². The van der Waals surface area contributed by atoms with Crippen molar-refractivity contribution in [3.63, 3.8) is 0 Å². The molecule has 0 amide bonds. The molecule has 0 saturated heterocycles. The molecular weight excluding hydrogens is 994 g/mol. The van der Waals surface area contributed by atoms with Crippen LogP contribution in [0.1, 0.15) is 192 Å². The summed E-state index contributed by atoms with van der Waals surface area (Å²) in [7, 11) is 0. The largest absolute Gasteiger partial charge is 0.456 e. The van der Waals surface area contributed by atoms with Crippen LogP contribution in [0.5, 0.6) is 0 Å². The van der Waals surface area contributed by atoms with Crippen LogP contribution in [0.4, 0.5) is 51.2 Å². The molecule has 0 N–H and O–H groups in total. The van der Waals surface area contributed by atoms with Gasteiger partial charge < -0.3 is 19.1 Å². The van der Waals surface area contributed by atoms with Crippen molar-refractivity contribution in [2.24, 2.45) is 0 Å². The molecule has 4 aliphatic rings. The van der Waals surface area contributed by atoms with Gasteiger partial charge >= 0.3 is 0 Å².